The lowest BCUT2D eigenvalue weighted by Crippen LogP contribution is -2.22. The second kappa shape index (κ2) is 5.93. The van der Waals surface area contributed by atoms with Crippen LogP contribution in [0.2, 0.25) is 0 Å². The summed E-state index contributed by atoms with van der Waals surface area (Å²) >= 11 is 0. The predicted molar refractivity (Wildman–Crippen MR) is 79.5 cm³/mol. The van der Waals surface area contributed by atoms with Gasteiger partial charge in [0.05, 0.1) is 11.5 Å². The Balaban J connectivity index is 1.58. The lowest BCUT2D eigenvalue weighted by atomic mass is 10.0. The molecular formula is C16H16N2O3. The number of para-hydroxylation sites is 1. The van der Waals surface area contributed by atoms with E-state index in [-0.39, 0.29) is 10.6 Å². The molecular weight excluding hydrogens is 268 g/mol. The summed E-state index contributed by atoms with van der Waals surface area (Å²) in [5.74, 6) is 1.29. The van der Waals surface area contributed by atoms with Crippen molar-refractivity contribution in [3.05, 3.63) is 69.8 Å². The molecule has 5 heteroatoms. The van der Waals surface area contributed by atoms with Gasteiger partial charge in [-0.05, 0) is 11.6 Å². The molecule has 21 heavy (non-hydrogen) atoms. The van der Waals surface area contributed by atoms with Crippen LogP contribution in [0, 0.1) is 10.1 Å². The van der Waals surface area contributed by atoms with E-state index < -0.39 is 0 Å². The number of nitro groups is 1. The molecule has 1 heterocycles. The summed E-state index contributed by atoms with van der Waals surface area (Å²) in [6, 6.07) is 14.8. The lowest BCUT2D eigenvalue weighted by Gasteiger charge is -2.10. The van der Waals surface area contributed by atoms with Crippen LogP contribution < -0.4 is 10.1 Å². The standard InChI is InChI=1S/C16H16N2O3/c19-18(20)14-5-3-4-12(8-14)9-17-10-13-11-21-16-7-2-1-6-15(13)16/h1-8,13,17H,9-11H2. The van der Waals surface area contributed by atoms with Crippen molar-refractivity contribution in [1.82, 2.24) is 5.32 Å². The maximum Gasteiger partial charge on any atom is 0.269 e. The maximum atomic E-state index is 10.7. The van der Waals surface area contributed by atoms with Crippen molar-refractivity contribution in [2.75, 3.05) is 13.2 Å². The Morgan fingerprint density at radius 3 is 2.95 bits per heavy atom. The zero-order valence-corrected chi connectivity index (χ0v) is 11.5. The first kappa shape index (κ1) is 13.6. The first-order valence-electron chi connectivity index (χ1n) is 6.90. The van der Waals surface area contributed by atoms with Gasteiger partial charge in [0.15, 0.2) is 0 Å². The number of fused-ring (bicyclic) bond motifs is 1. The molecule has 108 valence electrons. The quantitative estimate of drug-likeness (QED) is 0.677. The average molecular weight is 284 g/mol. The van der Waals surface area contributed by atoms with Crippen molar-refractivity contribution in [1.29, 1.82) is 0 Å². The predicted octanol–water partition coefficient (Wildman–Crippen LogP) is 2.86. The third-order valence-electron chi connectivity index (χ3n) is 3.64. The number of nitro benzene ring substituents is 1. The van der Waals surface area contributed by atoms with E-state index in [1.54, 1.807) is 12.1 Å². The van der Waals surface area contributed by atoms with Gasteiger partial charge in [-0.1, -0.05) is 30.3 Å². The highest BCUT2D eigenvalue weighted by molar-refractivity contribution is 5.40. The van der Waals surface area contributed by atoms with Crippen LogP contribution in [0.1, 0.15) is 17.0 Å². The minimum atomic E-state index is -0.370. The molecule has 0 fully saturated rings. The molecule has 2 aromatic rings. The molecule has 1 aliphatic rings. The second-order valence-corrected chi connectivity index (χ2v) is 5.10. The fourth-order valence-corrected chi connectivity index (χ4v) is 2.57. The number of nitrogens with zero attached hydrogens (tertiary/aromatic N) is 1. The Morgan fingerprint density at radius 1 is 1.24 bits per heavy atom. The molecule has 0 bridgehead atoms. The van der Waals surface area contributed by atoms with Gasteiger partial charge in [-0.2, -0.15) is 0 Å². The van der Waals surface area contributed by atoms with Crippen molar-refractivity contribution < 1.29 is 9.66 Å². The van der Waals surface area contributed by atoms with E-state index in [0.717, 1.165) is 17.9 Å². The van der Waals surface area contributed by atoms with Crippen molar-refractivity contribution in [2.24, 2.45) is 0 Å². The highest BCUT2D eigenvalue weighted by atomic mass is 16.6. The largest absolute Gasteiger partial charge is 0.493 e. The molecule has 0 aliphatic carbocycles. The van der Waals surface area contributed by atoms with E-state index >= 15 is 0 Å². The third-order valence-corrected chi connectivity index (χ3v) is 3.64. The monoisotopic (exact) mass is 284 g/mol. The van der Waals surface area contributed by atoms with Gasteiger partial charge < -0.3 is 10.1 Å². The number of non-ortho nitro benzene ring substituents is 1. The van der Waals surface area contributed by atoms with Crippen LogP contribution in [0.5, 0.6) is 5.75 Å². The zero-order chi connectivity index (χ0) is 14.7. The molecule has 2 aromatic carbocycles. The Labute approximate surface area is 122 Å². The van der Waals surface area contributed by atoms with Crippen molar-refractivity contribution in [2.45, 2.75) is 12.5 Å². The van der Waals surface area contributed by atoms with Crippen LogP contribution in [0.4, 0.5) is 5.69 Å². The molecule has 5 nitrogen and oxygen atoms in total. The zero-order valence-electron chi connectivity index (χ0n) is 11.5. The molecule has 0 amide bonds. The van der Waals surface area contributed by atoms with Gasteiger partial charge in [-0.25, -0.2) is 0 Å². The SMILES string of the molecule is O=[N+]([O-])c1cccc(CNCC2COc3ccccc32)c1. The van der Waals surface area contributed by atoms with Gasteiger partial charge in [-0.15, -0.1) is 0 Å². The third kappa shape index (κ3) is 3.03. The van der Waals surface area contributed by atoms with Gasteiger partial charge in [0.2, 0.25) is 0 Å². The Bertz CT molecular complexity index is 657. The van der Waals surface area contributed by atoms with Crippen LogP contribution in [-0.4, -0.2) is 18.1 Å². The van der Waals surface area contributed by atoms with E-state index in [0.29, 0.717) is 19.1 Å². The lowest BCUT2D eigenvalue weighted by molar-refractivity contribution is -0.384. The van der Waals surface area contributed by atoms with E-state index in [4.69, 9.17) is 4.74 Å². The minimum absolute atomic E-state index is 0.129. The van der Waals surface area contributed by atoms with Crippen LogP contribution in [0.3, 0.4) is 0 Å². The van der Waals surface area contributed by atoms with Crippen molar-refractivity contribution in [3.63, 3.8) is 0 Å². The van der Waals surface area contributed by atoms with Crippen molar-refractivity contribution in [3.8, 4) is 5.75 Å². The molecule has 0 spiro atoms. The summed E-state index contributed by atoms with van der Waals surface area (Å²) in [6.45, 7) is 2.08. The average Bonchev–Trinajstić information content (AvgIpc) is 2.91. The summed E-state index contributed by atoms with van der Waals surface area (Å²) in [6.07, 6.45) is 0. The van der Waals surface area contributed by atoms with Gasteiger partial charge in [0.1, 0.15) is 5.75 Å². The first-order valence-corrected chi connectivity index (χ1v) is 6.90. The molecule has 1 atom stereocenters. The Morgan fingerprint density at radius 2 is 2.10 bits per heavy atom. The number of nitrogens with one attached hydrogen (secondary N) is 1. The summed E-state index contributed by atoms with van der Waals surface area (Å²) in [5.41, 5.74) is 2.27. The van der Waals surface area contributed by atoms with Crippen LogP contribution >= 0.6 is 0 Å². The van der Waals surface area contributed by atoms with Crippen LogP contribution in [0.15, 0.2) is 48.5 Å². The summed E-state index contributed by atoms with van der Waals surface area (Å²) in [5, 5.41) is 14.1. The normalized spacial score (nSPS) is 16.3. The fourth-order valence-electron chi connectivity index (χ4n) is 2.57. The number of rotatable bonds is 5. The molecule has 0 saturated heterocycles. The fraction of sp³-hybridized carbons (Fsp3) is 0.250. The van der Waals surface area contributed by atoms with Crippen molar-refractivity contribution >= 4 is 5.69 Å². The van der Waals surface area contributed by atoms with Crippen LogP contribution in [-0.2, 0) is 6.54 Å². The minimum Gasteiger partial charge on any atom is -0.493 e. The highest BCUT2D eigenvalue weighted by Crippen LogP contribution is 2.32. The van der Waals surface area contributed by atoms with Crippen LogP contribution in [0.25, 0.3) is 0 Å². The molecule has 1 unspecified atom stereocenters. The highest BCUT2D eigenvalue weighted by Gasteiger charge is 2.22. The molecule has 0 radical (unpaired) electrons. The molecule has 1 aliphatic heterocycles. The number of hydrogen-bond donors (Lipinski definition) is 1. The first-order chi connectivity index (χ1) is 10.2. The number of benzene rings is 2. The van der Waals surface area contributed by atoms with Gasteiger partial charge in [0.25, 0.3) is 5.69 Å². The Kier molecular flexibility index (Phi) is 3.83. The van der Waals surface area contributed by atoms with E-state index in [9.17, 15) is 10.1 Å². The van der Waals surface area contributed by atoms with E-state index in [1.807, 2.05) is 24.3 Å². The van der Waals surface area contributed by atoms with Gasteiger partial charge >= 0.3 is 0 Å². The van der Waals surface area contributed by atoms with Gasteiger partial charge in [-0.3, -0.25) is 10.1 Å². The maximum absolute atomic E-state index is 10.7. The Hall–Kier alpha value is -2.40. The summed E-state index contributed by atoms with van der Waals surface area (Å²) in [4.78, 5) is 10.4. The number of ether oxygens (including phenoxy) is 1. The number of hydrogen-bond acceptors (Lipinski definition) is 4. The van der Waals surface area contributed by atoms with E-state index in [2.05, 4.69) is 11.4 Å². The molecule has 1 N–H and O–H groups in total. The topological polar surface area (TPSA) is 64.4 Å². The van der Waals surface area contributed by atoms with Gasteiger partial charge in [0, 0.05) is 36.7 Å². The smallest absolute Gasteiger partial charge is 0.269 e. The molecule has 0 aromatic heterocycles. The second-order valence-electron chi connectivity index (χ2n) is 5.10. The molecule has 0 saturated carbocycles. The van der Waals surface area contributed by atoms with E-state index in [1.165, 1.54) is 11.6 Å². The molecule has 3 rings (SSSR count). The summed E-state index contributed by atoms with van der Waals surface area (Å²) in [7, 11) is 0. The summed E-state index contributed by atoms with van der Waals surface area (Å²) < 4.78 is 5.64.